The van der Waals surface area contributed by atoms with Gasteiger partial charge in [-0.15, -0.1) is 0 Å². The van der Waals surface area contributed by atoms with E-state index in [-0.39, 0.29) is 58.1 Å². The Balaban J connectivity index is 1.33. The number of carbonyl (C=O) groups excluding carboxylic acids is 6. The molecule has 2 aromatic heterocycles. The zero-order valence-electron chi connectivity index (χ0n) is 46.4. The zero-order valence-corrected chi connectivity index (χ0v) is 46.4. The lowest BCUT2D eigenvalue weighted by atomic mass is 9.84. The molecule has 0 aliphatic carbocycles. The lowest BCUT2D eigenvalue weighted by Gasteiger charge is -2.31. The second-order valence-corrected chi connectivity index (χ2v) is 23.9. The largest absolute Gasteiger partial charge is 0.453 e. The first-order chi connectivity index (χ1) is 34.8. The number of hydrogen-bond acceptors (Lipinski definition) is 10. The number of benzene rings is 2. The lowest BCUT2D eigenvalue weighted by molar-refractivity contribution is -0.136. The van der Waals surface area contributed by atoms with E-state index in [0.717, 1.165) is 47.9 Å². The molecule has 0 bridgehead atoms. The minimum atomic E-state index is -0.814. The van der Waals surface area contributed by atoms with Crippen LogP contribution in [0.2, 0.25) is 0 Å². The van der Waals surface area contributed by atoms with Crippen molar-refractivity contribution >= 4 is 35.8 Å². The van der Waals surface area contributed by atoms with Gasteiger partial charge in [0.15, 0.2) is 0 Å². The molecule has 2 aromatic carbocycles. The molecule has 2 N–H and O–H groups in total. The Morgan fingerprint density at radius 1 is 0.554 bits per heavy atom. The molecule has 2 aliphatic rings. The van der Waals surface area contributed by atoms with Crippen molar-refractivity contribution in [3.63, 3.8) is 0 Å². The highest BCUT2D eigenvalue weighted by Gasteiger charge is 2.41. The number of amides is 4. The fraction of sp³-hybridized carbons (Fsp3) is 0.586. The number of hydrogen-bond donors (Lipinski definition) is 2. The van der Waals surface area contributed by atoms with Gasteiger partial charge < -0.3 is 29.9 Å². The highest BCUT2D eigenvalue weighted by Crippen LogP contribution is 2.39. The summed E-state index contributed by atoms with van der Waals surface area (Å²) in [5.41, 5.74) is 4.77. The third-order valence-electron chi connectivity index (χ3n) is 14.2. The van der Waals surface area contributed by atoms with Gasteiger partial charge in [-0.25, -0.2) is 19.6 Å². The standard InChI is InChI=1S/C58H82N8O8/c1-35(2)49(61-55(71)73-13)53(69)63-27-15-17-43(63)51-59-33-45(65(51)47(67)29-37(5)31-57(7,8)9)41-23-19-39(20-24-41)40-21-25-42(26-22-40)46-34-60-52(66(46)48(68)30-38(6)32-58(10,11)12)44-18-16-28-64(44)54(70)50(36(3)4)62-56(72)74-14/h19-26,33-38,43-44,49-50H,15-18,27-32H2,1-14H3,(H,61,71)(H,62,72)/t37?,38?,43-,44-,49+,50+/m1/s1. The van der Waals surface area contributed by atoms with Gasteiger partial charge in [-0.1, -0.05) is 132 Å². The van der Waals surface area contributed by atoms with Crippen LogP contribution in [0.1, 0.15) is 168 Å². The third kappa shape index (κ3) is 13.7. The number of aromatic nitrogens is 4. The Morgan fingerprint density at radius 2 is 0.878 bits per heavy atom. The quantitative estimate of drug-likeness (QED) is 0.103. The van der Waals surface area contributed by atoms with Gasteiger partial charge in [0, 0.05) is 37.1 Å². The van der Waals surface area contributed by atoms with Crippen molar-refractivity contribution in [1.29, 1.82) is 0 Å². The van der Waals surface area contributed by atoms with Gasteiger partial charge in [-0.05, 0) is 84.2 Å². The molecule has 4 amide bonds. The predicted octanol–water partition coefficient (Wildman–Crippen LogP) is 11.4. The Kier molecular flexibility index (Phi) is 18.4. The van der Waals surface area contributed by atoms with Crippen molar-refractivity contribution in [1.82, 2.24) is 39.5 Å². The summed E-state index contributed by atoms with van der Waals surface area (Å²) in [7, 11) is 2.54. The number of nitrogens with one attached hydrogen (secondary N) is 2. The number of carbonyl (C=O) groups is 6. The van der Waals surface area contributed by atoms with Crippen LogP contribution in [0, 0.1) is 34.5 Å². The van der Waals surface area contributed by atoms with Crippen LogP contribution in [0.5, 0.6) is 0 Å². The van der Waals surface area contributed by atoms with E-state index >= 15 is 0 Å². The van der Waals surface area contributed by atoms with E-state index in [4.69, 9.17) is 19.4 Å². The molecule has 2 unspecified atom stereocenters. The van der Waals surface area contributed by atoms with Crippen molar-refractivity contribution in [2.45, 2.75) is 159 Å². The summed E-state index contributed by atoms with van der Waals surface area (Å²) in [6, 6.07) is 13.4. The highest BCUT2D eigenvalue weighted by molar-refractivity contribution is 5.89. The Labute approximate surface area is 438 Å². The summed E-state index contributed by atoms with van der Waals surface area (Å²) in [6.07, 6.45) is 7.05. The Morgan fingerprint density at radius 3 is 1.18 bits per heavy atom. The second kappa shape index (κ2) is 23.9. The number of rotatable bonds is 17. The SMILES string of the molecule is COC(=O)N[C@H](C(=O)N1CCC[C@@H]1c1ncc(-c2ccc(-c3ccc(-c4cnc([C@H]5CCCN5C(=O)[C@@H](NC(=O)OC)C(C)C)n4C(=O)CC(C)CC(C)(C)C)cc3)cc2)n1C(=O)CC(C)CC(C)(C)C)C(C)C. The maximum atomic E-state index is 14.6. The third-order valence-corrected chi connectivity index (χ3v) is 14.2. The molecule has 0 spiro atoms. The molecule has 74 heavy (non-hydrogen) atoms. The van der Waals surface area contributed by atoms with E-state index in [0.29, 0.717) is 61.8 Å². The molecule has 402 valence electrons. The number of imidazole rings is 2. The van der Waals surface area contributed by atoms with Crippen molar-refractivity contribution in [2.75, 3.05) is 27.3 Å². The maximum absolute atomic E-state index is 14.6. The van der Waals surface area contributed by atoms with Gasteiger partial charge in [-0.3, -0.25) is 28.3 Å². The minimum absolute atomic E-state index is 0.0247. The summed E-state index contributed by atoms with van der Waals surface area (Å²) < 4.78 is 13.1. The molecular weight excluding hydrogens is 937 g/mol. The van der Waals surface area contributed by atoms with Crippen molar-refractivity contribution in [3.8, 4) is 33.6 Å². The minimum Gasteiger partial charge on any atom is -0.453 e. The van der Waals surface area contributed by atoms with Crippen LogP contribution < -0.4 is 10.6 Å². The molecule has 16 heteroatoms. The molecule has 16 nitrogen and oxygen atoms in total. The Bertz CT molecular complexity index is 2440. The van der Waals surface area contributed by atoms with E-state index in [1.165, 1.54) is 14.2 Å². The Hall–Kier alpha value is -6.32. The molecule has 2 aliphatic heterocycles. The van der Waals surface area contributed by atoms with Gasteiger partial charge >= 0.3 is 12.2 Å². The first kappa shape index (κ1) is 57.0. The van der Waals surface area contributed by atoms with E-state index in [1.807, 2.05) is 76.2 Å². The average molecular weight is 1020 g/mol. The maximum Gasteiger partial charge on any atom is 0.407 e. The van der Waals surface area contributed by atoms with Crippen LogP contribution in [-0.2, 0) is 19.1 Å². The van der Waals surface area contributed by atoms with E-state index in [1.54, 1.807) is 31.3 Å². The van der Waals surface area contributed by atoms with Gasteiger partial charge in [-0.2, -0.15) is 0 Å². The van der Waals surface area contributed by atoms with Crippen molar-refractivity contribution in [2.24, 2.45) is 34.5 Å². The molecule has 2 fully saturated rings. The normalized spacial score (nSPS) is 17.8. The summed E-state index contributed by atoms with van der Waals surface area (Å²) in [5, 5.41) is 5.44. The van der Waals surface area contributed by atoms with Gasteiger partial charge in [0.25, 0.3) is 0 Å². The van der Waals surface area contributed by atoms with E-state index < -0.39 is 36.4 Å². The van der Waals surface area contributed by atoms with Gasteiger partial charge in [0.1, 0.15) is 23.7 Å². The van der Waals surface area contributed by atoms with E-state index in [2.05, 4.69) is 66.0 Å². The highest BCUT2D eigenvalue weighted by atomic mass is 16.5. The first-order valence-corrected chi connectivity index (χ1v) is 26.5. The van der Waals surface area contributed by atoms with Crippen LogP contribution in [0.15, 0.2) is 60.9 Å². The van der Waals surface area contributed by atoms with Crippen LogP contribution in [-0.4, -0.2) is 104 Å². The fourth-order valence-corrected chi connectivity index (χ4v) is 11.2. The van der Waals surface area contributed by atoms with Crippen LogP contribution in [0.4, 0.5) is 9.59 Å². The van der Waals surface area contributed by atoms with Crippen LogP contribution >= 0.6 is 0 Å². The summed E-state index contributed by atoms with van der Waals surface area (Å²) >= 11 is 0. The first-order valence-electron chi connectivity index (χ1n) is 26.5. The summed E-state index contributed by atoms with van der Waals surface area (Å²) in [5.74, 6) is 0.105. The molecule has 6 atom stereocenters. The molecule has 4 aromatic rings. The smallest absolute Gasteiger partial charge is 0.407 e. The second-order valence-electron chi connectivity index (χ2n) is 23.9. The van der Waals surface area contributed by atoms with Crippen LogP contribution in [0.25, 0.3) is 33.6 Å². The van der Waals surface area contributed by atoms with Gasteiger partial charge in [0.05, 0.1) is 50.1 Å². The number of likely N-dealkylation sites (tertiary alicyclic amines) is 2. The average Bonchev–Trinajstić information content (AvgIpc) is 4.17. The summed E-state index contributed by atoms with van der Waals surface area (Å²) in [4.78, 5) is 95.4. The molecule has 0 saturated carbocycles. The topological polar surface area (TPSA) is 187 Å². The number of nitrogens with zero attached hydrogens (tertiary/aromatic N) is 6. The van der Waals surface area contributed by atoms with Crippen molar-refractivity contribution in [3.05, 3.63) is 72.6 Å². The zero-order chi connectivity index (χ0) is 54.4. The number of alkyl carbamates (subject to hydrolysis) is 2. The van der Waals surface area contributed by atoms with Gasteiger partial charge in [0.2, 0.25) is 23.6 Å². The molecule has 0 radical (unpaired) electrons. The number of ether oxygens (including phenoxy) is 2. The van der Waals surface area contributed by atoms with Crippen molar-refractivity contribution < 1.29 is 38.2 Å². The molecular formula is C58H82N8O8. The predicted molar refractivity (Wildman–Crippen MR) is 287 cm³/mol. The molecule has 4 heterocycles. The monoisotopic (exact) mass is 1020 g/mol. The lowest BCUT2D eigenvalue weighted by Crippen LogP contribution is -2.51. The fourth-order valence-electron chi connectivity index (χ4n) is 11.2. The van der Waals surface area contributed by atoms with E-state index in [9.17, 15) is 28.8 Å². The van der Waals surface area contributed by atoms with Crippen LogP contribution in [0.3, 0.4) is 0 Å². The molecule has 6 rings (SSSR count). The molecule has 2 saturated heterocycles. The number of methoxy groups -OCH3 is 2. The summed E-state index contributed by atoms with van der Waals surface area (Å²) in [6.45, 7) is 25.6.